The van der Waals surface area contributed by atoms with Gasteiger partial charge in [-0.05, 0) is 24.3 Å². The van der Waals surface area contributed by atoms with Crippen LogP contribution in [0.4, 0.5) is 8.78 Å². The molecule has 0 fully saturated rings. The summed E-state index contributed by atoms with van der Waals surface area (Å²) in [5, 5.41) is 0.705. The quantitative estimate of drug-likeness (QED) is 0.726. The lowest BCUT2D eigenvalue weighted by molar-refractivity contribution is 0.121. The van der Waals surface area contributed by atoms with Gasteiger partial charge in [-0.2, -0.15) is 4.31 Å². The molecule has 1 heterocycles. The molecular weight excluding hydrogens is 366 g/mol. The van der Waals surface area contributed by atoms with Crippen LogP contribution >= 0.6 is 15.9 Å². The smallest absolute Gasteiger partial charge is 0.252 e. The fraction of sp³-hybridized carbons (Fsp3) is 0.308. The van der Waals surface area contributed by atoms with Crippen molar-refractivity contribution in [2.45, 2.75) is 11.3 Å². The molecule has 1 aromatic heterocycles. The first kappa shape index (κ1) is 16.3. The average Bonchev–Trinajstić information content (AvgIpc) is 2.45. The van der Waals surface area contributed by atoms with Crippen LogP contribution in [0.5, 0.6) is 0 Å². The van der Waals surface area contributed by atoms with Crippen LogP contribution in [0.25, 0.3) is 10.9 Å². The van der Waals surface area contributed by atoms with E-state index in [0.717, 1.165) is 4.31 Å². The standard InChI is InChI=1S/C13H13BrF2N2O2S/c14-6-8-18(9-13(15)16)21(19,20)12-5-1-4-11-10(12)3-2-7-17-11/h1-5,7,13H,6,8-9H2. The predicted octanol–water partition coefficient (Wildman–Crippen LogP) is 2.89. The number of halogens is 3. The fourth-order valence-corrected chi connectivity index (χ4v) is 4.28. The number of sulfonamides is 1. The molecular formula is C13H13BrF2N2O2S. The molecule has 0 atom stereocenters. The highest BCUT2D eigenvalue weighted by molar-refractivity contribution is 9.09. The topological polar surface area (TPSA) is 50.3 Å². The van der Waals surface area contributed by atoms with Gasteiger partial charge in [0, 0.05) is 23.5 Å². The molecule has 1 aromatic carbocycles. The number of pyridine rings is 1. The summed E-state index contributed by atoms with van der Waals surface area (Å²) in [7, 11) is -4.00. The van der Waals surface area contributed by atoms with E-state index in [9.17, 15) is 17.2 Å². The molecule has 114 valence electrons. The zero-order valence-electron chi connectivity index (χ0n) is 10.9. The van der Waals surface area contributed by atoms with Crippen molar-refractivity contribution in [2.75, 3.05) is 18.4 Å². The monoisotopic (exact) mass is 378 g/mol. The second-order valence-electron chi connectivity index (χ2n) is 4.27. The largest absolute Gasteiger partial charge is 0.256 e. The minimum atomic E-state index is -4.00. The first-order valence-electron chi connectivity index (χ1n) is 6.15. The molecule has 8 heteroatoms. The maximum atomic E-state index is 12.6. The lowest BCUT2D eigenvalue weighted by Crippen LogP contribution is -2.36. The van der Waals surface area contributed by atoms with Gasteiger partial charge in [-0.15, -0.1) is 0 Å². The van der Waals surface area contributed by atoms with Gasteiger partial charge in [0.05, 0.1) is 17.0 Å². The van der Waals surface area contributed by atoms with Crippen LogP contribution in [-0.4, -0.2) is 42.6 Å². The number of benzene rings is 1. The Hall–Kier alpha value is -1.12. The first-order chi connectivity index (χ1) is 9.96. The number of alkyl halides is 3. The Kier molecular flexibility index (Phi) is 5.23. The van der Waals surface area contributed by atoms with Gasteiger partial charge in [-0.3, -0.25) is 4.98 Å². The van der Waals surface area contributed by atoms with E-state index in [-0.39, 0.29) is 16.8 Å². The Morgan fingerprint density at radius 3 is 2.67 bits per heavy atom. The summed E-state index contributed by atoms with van der Waals surface area (Å²) in [4.78, 5) is 4.08. The number of hydrogen-bond acceptors (Lipinski definition) is 3. The van der Waals surface area contributed by atoms with Crippen LogP contribution in [0.3, 0.4) is 0 Å². The van der Waals surface area contributed by atoms with Crippen molar-refractivity contribution in [3.05, 3.63) is 36.5 Å². The minimum Gasteiger partial charge on any atom is -0.256 e. The van der Waals surface area contributed by atoms with Crippen LogP contribution < -0.4 is 0 Å². The van der Waals surface area contributed by atoms with Gasteiger partial charge in [0.1, 0.15) is 0 Å². The molecule has 21 heavy (non-hydrogen) atoms. The van der Waals surface area contributed by atoms with Crippen molar-refractivity contribution in [3.8, 4) is 0 Å². The van der Waals surface area contributed by atoms with Crippen LogP contribution in [0, 0.1) is 0 Å². The molecule has 0 radical (unpaired) electrons. The van der Waals surface area contributed by atoms with Gasteiger partial charge < -0.3 is 0 Å². The van der Waals surface area contributed by atoms with Crippen LogP contribution in [0.2, 0.25) is 0 Å². The van der Waals surface area contributed by atoms with Gasteiger partial charge in [0.15, 0.2) is 0 Å². The average molecular weight is 379 g/mol. The van der Waals surface area contributed by atoms with Gasteiger partial charge in [-0.1, -0.05) is 22.0 Å². The van der Waals surface area contributed by atoms with E-state index in [4.69, 9.17) is 0 Å². The highest BCUT2D eigenvalue weighted by Crippen LogP contribution is 2.25. The van der Waals surface area contributed by atoms with Gasteiger partial charge >= 0.3 is 0 Å². The third-order valence-electron chi connectivity index (χ3n) is 2.90. The number of nitrogens with zero attached hydrogens (tertiary/aromatic N) is 2. The lowest BCUT2D eigenvalue weighted by atomic mass is 10.2. The van der Waals surface area contributed by atoms with E-state index >= 15 is 0 Å². The summed E-state index contributed by atoms with van der Waals surface area (Å²) in [6.45, 7) is -0.853. The van der Waals surface area contributed by atoms with Crippen LogP contribution in [-0.2, 0) is 10.0 Å². The molecule has 0 amide bonds. The van der Waals surface area contributed by atoms with Crippen molar-refractivity contribution >= 4 is 36.9 Å². The summed E-state index contributed by atoms with van der Waals surface area (Å²) in [5.74, 6) is 0. The van der Waals surface area contributed by atoms with Gasteiger partial charge in [0.25, 0.3) is 6.43 Å². The van der Waals surface area contributed by atoms with E-state index in [1.165, 1.54) is 6.07 Å². The summed E-state index contributed by atoms with van der Waals surface area (Å²) in [6, 6.07) is 7.87. The molecule has 0 aliphatic heterocycles. The summed E-state index contributed by atoms with van der Waals surface area (Å²) in [5.41, 5.74) is 0.509. The van der Waals surface area contributed by atoms with Gasteiger partial charge in [-0.25, -0.2) is 17.2 Å². The molecule has 0 unspecified atom stereocenters. The molecule has 0 N–H and O–H groups in total. The van der Waals surface area contributed by atoms with Crippen LogP contribution in [0.15, 0.2) is 41.4 Å². The van der Waals surface area contributed by atoms with E-state index < -0.39 is 23.0 Å². The van der Waals surface area contributed by atoms with Crippen molar-refractivity contribution in [1.29, 1.82) is 0 Å². The summed E-state index contributed by atoms with van der Waals surface area (Å²) in [6.07, 6.45) is -1.18. The SMILES string of the molecule is O=S(=O)(c1cccc2ncccc12)N(CCBr)CC(F)F. The zero-order valence-corrected chi connectivity index (χ0v) is 13.3. The Morgan fingerprint density at radius 2 is 2.00 bits per heavy atom. The Morgan fingerprint density at radius 1 is 1.24 bits per heavy atom. The molecule has 0 aliphatic carbocycles. The molecule has 0 spiro atoms. The van der Waals surface area contributed by atoms with Crippen LogP contribution in [0.1, 0.15) is 0 Å². The zero-order chi connectivity index (χ0) is 15.5. The Balaban J connectivity index is 2.54. The number of hydrogen-bond donors (Lipinski definition) is 0. The number of fused-ring (bicyclic) bond motifs is 1. The van der Waals surface area contributed by atoms with E-state index in [0.29, 0.717) is 10.9 Å². The van der Waals surface area contributed by atoms with E-state index in [1.807, 2.05) is 0 Å². The fourth-order valence-electron chi connectivity index (χ4n) is 2.00. The Labute approximate surface area is 130 Å². The highest BCUT2D eigenvalue weighted by Gasteiger charge is 2.28. The third-order valence-corrected chi connectivity index (χ3v) is 5.18. The molecule has 4 nitrogen and oxygen atoms in total. The maximum absolute atomic E-state index is 12.6. The molecule has 0 aliphatic rings. The van der Waals surface area contributed by atoms with Crippen molar-refractivity contribution in [2.24, 2.45) is 0 Å². The Bertz CT molecular complexity index is 720. The predicted molar refractivity (Wildman–Crippen MR) is 80.3 cm³/mol. The molecule has 2 rings (SSSR count). The summed E-state index contributed by atoms with van der Waals surface area (Å²) >= 11 is 3.09. The molecule has 0 bridgehead atoms. The minimum absolute atomic E-state index is 0.00491. The number of aromatic nitrogens is 1. The highest BCUT2D eigenvalue weighted by atomic mass is 79.9. The molecule has 0 saturated heterocycles. The van der Waals surface area contributed by atoms with E-state index in [2.05, 4.69) is 20.9 Å². The van der Waals surface area contributed by atoms with Gasteiger partial charge in [0.2, 0.25) is 10.0 Å². The summed E-state index contributed by atoms with van der Waals surface area (Å²) < 4.78 is 51.3. The second kappa shape index (κ2) is 6.76. The second-order valence-corrected chi connectivity index (χ2v) is 6.97. The number of rotatable bonds is 6. The maximum Gasteiger partial charge on any atom is 0.252 e. The van der Waals surface area contributed by atoms with E-state index in [1.54, 1.807) is 30.5 Å². The van der Waals surface area contributed by atoms with Crippen molar-refractivity contribution in [3.63, 3.8) is 0 Å². The lowest BCUT2D eigenvalue weighted by Gasteiger charge is -2.21. The molecule has 2 aromatic rings. The first-order valence-corrected chi connectivity index (χ1v) is 8.71. The van der Waals surface area contributed by atoms with Crippen molar-refractivity contribution in [1.82, 2.24) is 9.29 Å². The third kappa shape index (κ3) is 3.56. The normalized spacial score (nSPS) is 12.4. The van der Waals surface area contributed by atoms with Crippen molar-refractivity contribution < 1.29 is 17.2 Å². The molecule has 0 saturated carbocycles.